The van der Waals surface area contributed by atoms with Gasteiger partial charge < -0.3 is 15.3 Å². The van der Waals surface area contributed by atoms with E-state index in [2.05, 4.69) is 5.43 Å². The fraction of sp³-hybridized carbons (Fsp3) is 0.364. The number of phenolic OH excluding ortho intramolecular Hbond substituents is 2. The van der Waals surface area contributed by atoms with Crippen LogP contribution < -0.4 is 11.3 Å². The molecule has 0 heterocycles. The van der Waals surface area contributed by atoms with Gasteiger partial charge in [-0.1, -0.05) is 19.9 Å². The third-order valence-corrected chi connectivity index (χ3v) is 1.98. The van der Waals surface area contributed by atoms with Crippen LogP contribution in [0.2, 0.25) is 0 Å². The Balaban J connectivity index is 0.00000121. The molecule has 0 saturated carbocycles. The standard InChI is InChI=1S/C9H12N2O4.C2H6/c10-11-6(9(14)15)3-5-1-2-7(12)8(13)4-5;1-2/h1-2,4,6,11-13H,3,10H2,(H,14,15);1-2H3. The molecule has 6 nitrogen and oxygen atoms in total. The zero-order valence-electron chi connectivity index (χ0n) is 9.84. The Morgan fingerprint density at radius 1 is 1.35 bits per heavy atom. The number of rotatable bonds is 4. The quantitative estimate of drug-likeness (QED) is 0.300. The number of hydrogen-bond acceptors (Lipinski definition) is 5. The van der Waals surface area contributed by atoms with E-state index in [1.807, 2.05) is 13.8 Å². The first-order valence-corrected chi connectivity index (χ1v) is 5.24. The van der Waals surface area contributed by atoms with Gasteiger partial charge in [0.15, 0.2) is 11.5 Å². The number of nitrogens with one attached hydrogen (secondary N) is 1. The van der Waals surface area contributed by atoms with Crippen LogP contribution in [0.5, 0.6) is 11.5 Å². The summed E-state index contributed by atoms with van der Waals surface area (Å²) in [5.41, 5.74) is 2.71. The van der Waals surface area contributed by atoms with Gasteiger partial charge in [-0.2, -0.15) is 0 Å². The van der Waals surface area contributed by atoms with Crippen molar-refractivity contribution in [2.75, 3.05) is 0 Å². The van der Waals surface area contributed by atoms with Crippen LogP contribution in [-0.4, -0.2) is 27.3 Å². The van der Waals surface area contributed by atoms with Gasteiger partial charge in [0, 0.05) is 0 Å². The third-order valence-electron chi connectivity index (χ3n) is 1.98. The van der Waals surface area contributed by atoms with E-state index in [0.717, 1.165) is 0 Å². The molecule has 0 spiro atoms. The molecule has 1 atom stereocenters. The minimum Gasteiger partial charge on any atom is -0.504 e. The number of phenols is 2. The first-order valence-electron chi connectivity index (χ1n) is 5.24. The zero-order valence-corrected chi connectivity index (χ0v) is 9.84. The minimum atomic E-state index is -1.08. The topological polar surface area (TPSA) is 116 Å². The Labute approximate surface area is 99.7 Å². The van der Waals surface area contributed by atoms with Crippen molar-refractivity contribution in [2.45, 2.75) is 26.3 Å². The normalized spacial score (nSPS) is 11.2. The summed E-state index contributed by atoms with van der Waals surface area (Å²) in [6, 6.07) is 3.18. The molecule has 0 fully saturated rings. The molecule has 0 aliphatic carbocycles. The average molecular weight is 242 g/mol. The predicted octanol–water partition coefficient (Wildman–Crippen LogP) is 0.583. The number of nitrogens with two attached hydrogens (primary N) is 1. The fourth-order valence-corrected chi connectivity index (χ4v) is 1.15. The van der Waals surface area contributed by atoms with E-state index in [1.165, 1.54) is 18.2 Å². The maximum Gasteiger partial charge on any atom is 0.322 e. The summed E-state index contributed by atoms with van der Waals surface area (Å²) in [6.45, 7) is 4.00. The molecule has 1 aromatic rings. The van der Waals surface area contributed by atoms with Gasteiger partial charge in [-0.3, -0.25) is 10.6 Å². The highest BCUT2D eigenvalue weighted by molar-refractivity contribution is 5.73. The minimum absolute atomic E-state index is 0.125. The highest BCUT2D eigenvalue weighted by Gasteiger charge is 2.16. The van der Waals surface area contributed by atoms with Crippen molar-refractivity contribution in [1.82, 2.24) is 5.43 Å². The van der Waals surface area contributed by atoms with Gasteiger partial charge in [0.1, 0.15) is 6.04 Å². The number of aromatic hydroxyl groups is 2. The van der Waals surface area contributed by atoms with Gasteiger partial charge in [0.2, 0.25) is 0 Å². The number of carboxylic acids is 1. The fourth-order valence-electron chi connectivity index (χ4n) is 1.15. The lowest BCUT2D eigenvalue weighted by Crippen LogP contribution is -2.42. The molecule has 1 rings (SSSR count). The van der Waals surface area contributed by atoms with Crippen molar-refractivity contribution in [2.24, 2.45) is 5.84 Å². The monoisotopic (exact) mass is 242 g/mol. The number of aliphatic carboxylic acids is 1. The Morgan fingerprint density at radius 3 is 2.35 bits per heavy atom. The van der Waals surface area contributed by atoms with Crippen LogP contribution in [-0.2, 0) is 11.2 Å². The maximum absolute atomic E-state index is 10.6. The van der Waals surface area contributed by atoms with E-state index in [9.17, 15) is 9.90 Å². The van der Waals surface area contributed by atoms with Crippen molar-refractivity contribution in [3.8, 4) is 11.5 Å². The SMILES string of the molecule is CC.NNC(Cc1ccc(O)c(O)c1)C(=O)O. The van der Waals surface area contributed by atoms with E-state index in [-0.39, 0.29) is 17.9 Å². The molecule has 0 saturated heterocycles. The zero-order chi connectivity index (χ0) is 13.4. The Kier molecular flexibility index (Phi) is 6.69. The van der Waals surface area contributed by atoms with Gasteiger partial charge in [-0.05, 0) is 24.1 Å². The van der Waals surface area contributed by atoms with E-state index < -0.39 is 12.0 Å². The highest BCUT2D eigenvalue weighted by Crippen LogP contribution is 2.25. The number of hydrogen-bond donors (Lipinski definition) is 5. The summed E-state index contributed by atoms with van der Waals surface area (Å²) in [4.78, 5) is 10.6. The summed E-state index contributed by atoms with van der Waals surface area (Å²) in [6.07, 6.45) is 0.125. The van der Waals surface area contributed by atoms with Crippen LogP contribution in [0.15, 0.2) is 18.2 Å². The Hall–Kier alpha value is -1.79. The third kappa shape index (κ3) is 4.71. The molecule has 6 heteroatoms. The van der Waals surface area contributed by atoms with Crippen molar-refractivity contribution in [3.05, 3.63) is 23.8 Å². The lowest BCUT2D eigenvalue weighted by atomic mass is 10.1. The van der Waals surface area contributed by atoms with Gasteiger partial charge in [-0.15, -0.1) is 0 Å². The second-order valence-corrected chi connectivity index (χ2v) is 3.08. The molecule has 17 heavy (non-hydrogen) atoms. The molecule has 0 aromatic heterocycles. The van der Waals surface area contributed by atoms with Crippen LogP contribution in [0.25, 0.3) is 0 Å². The number of carbonyl (C=O) groups is 1. The number of benzene rings is 1. The van der Waals surface area contributed by atoms with Crippen molar-refractivity contribution >= 4 is 5.97 Å². The molecule has 0 bridgehead atoms. The predicted molar refractivity (Wildman–Crippen MR) is 63.6 cm³/mol. The van der Waals surface area contributed by atoms with Crippen LogP contribution in [0.4, 0.5) is 0 Å². The van der Waals surface area contributed by atoms with Crippen LogP contribution in [0.3, 0.4) is 0 Å². The largest absolute Gasteiger partial charge is 0.504 e. The Bertz CT molecular complexity index is 368. The Morgan fingerprint density at radius 2 is 1.94 bits per heavy atom. The molecule has 0 amide bonds. The first kappa shape index (κ1) is 15.2. The molecule has 96 valence electrons. The van der Waals surface area contributed by atoms with Crippen molar-refractivity contribution in [3.63, 3.8) is 0 Å². The first-order chi connectivity index (χ1) is 8.04. The smallest absolute Gasteiger partial charge is 0.322 e. The molecule has 6 N–H and O–H groups in total. The van der Waals surface area contributed by atoms with Crippen molar-refractivity contribution < 1.29 is 20.1 Å². The van der Waals surface area contributed by atoms with Gasteiger partial charge >= 0.3 is 5.97 Å². The molecule has 1 unspecified atom stereocenters. The molecule has 0 aliphatic rings. The lowest BCUT2D eigenvalue weighted by Gasteiger charge is -2.11. The van der Waals surface area contributed by atoms with Gasteiger partial charge in [0.25, 0.3) is 0 Å². The molecule has 0 radical (unpaired) electrons. The molecular formula is C11H18N2O4. The van der Waals surface area contributed by atoms with Gasteiger partial charge in [0.05, 0.1) is 0 Å². The van der Waals surface area contributed by atoms with Crippen LogP contribution in [0, 0.1) is 0 Å². The van der Waals surface area contributed by atoms with E-state index in [1.54, 1.807) is 0 Å². The number of hydrazine groups is 1. The summed E-state index contributed by atoms with van der Waals surface area (Å²) in [5.74, 6) is 3.44. The summed E-state index contributed by atoms with van der Waals surface area (Å²) in [7, 11) is 0. The summed E-state index contributed by atoms with van der Waals surface area (Å²) >= 11 is 0. The van der Waals surface area contributed by atoms with E-state index in [4.69, 9.17) is 16.1 Å². The molecule has 1 aromatic carbocycles. The number of carboxylic acid groups (broad SMARTS) is 1. The van der Waals surface area contributed by atoms with Crippen molar-refractivity contribution in [1.29, 1.82) is 0 Å². The highest BCUT2D eigenvalue weighted by atomic mass is 16.4. The van der Waals surface area contributed by atoms with Crippen LogP contribution in [0.1, 0.15) is 19.4 Å². The molecule has 0 aliphatic heterocycles. The second-order valence-electron chi connectivity index (χ2n) is 3.08. The summed E-state index contributed by atoms with van der Waals surface area (Å²) in [5, 5.41) is 26.9. The maximum atomic E-state index is 10.6. The second kappa shape index (κ2) is 7.48. The van der Waals surface area contributed by atoms with Crippen LogP contribution >= 0.6 is 0 Å². The lowest BCUT2D eigenvalue weighted by molar-refractivity contribution is -0.139. The summed E-state index contributed by atoms with van der Waals surface area (Å²) < 4.78 is 0. The molecular weight excluding hydrogens is 224 g/mol. The van der Waals surface area contributed by atoms with Gasteiger partial charge in [-0.25, -0.2) is 5.43 Å². The van der Waals surface area contributed by atoms with E-state index >= 15 is 0 Å². The van der Waals surface area contributed by atoms with E-state index in [0.29, 0.717) is 5.56 Å². The average Bonchev–Trinajstić information content (AvgIpc) is 2.32.